The zero-order valence-corrected chi connectivity index (χ0v) is 14.0. The van der Waals surface area contributed by atoms with E-state index in [0.29, 0.717) is 6.42 Å². The van der Waals surface area contributed by atoms with Gasteiger partial charge in [-0.25, -0.2) is 0 Å². The molecule has 22 heavy (non-hydrogen) atoms. The Morgan fingerprint density at radius 3 is 2.41 bits per heavy atom. The predicted molar refractivity (Wildman–Crippen MR) is 88.2 cm³/mol. The topological polar surface area (TPSA) is 34.1 Å². The largest absolute Gasteiger partial charge is 0.298 e. The van der Waals surface area contributed by atoms with Gasteiger partial charge in [0.2, 0.25) is 0 Å². The van der Waals surface area contributed by atoms with Gasteiger partial charge in [0.25, 0.3) is 0 Å². The van der Waals surface area contributed by atoms with Gasteiger partial charge < -0.3 is 0 Å². The fourth-order valence-corrected chi connectivity index (χ4v) is 4.69. The van der Waals surface area contributed by atoms with E-state index in [4.69, 9.17) is 0 Å². The molecular weight excluding hydrogens is 272 g/mol. The second kappa shape index (κ2) is 5.64. The number of rotatable bonds is 2. The lowest BCUT2D eigenvalue weighted by Gasteiger charge is -2.31. The lowest BCUT2D eigenvalue weighted by molar-refractivity contribution is -0.129. The molecule has 1 spiro atoms. The van der Waals surface area contributed by atoms with Crippen LogP contribution in [0.2, 0.25) is 0 Å². The van der Waals surface area contributed by atoms with E-state index in [1.807, 2.05) is 6.92 Å². The van der Waals surface area contributed by atoms with Gasteiger partial charge in [-0.2, -0.15) is 0 Å². The van der Waals surface area contributed by atoms with Crippen LogP contribution in [-0.4, -0.2) is 11.6 Å². The van der Waals surface area contributed by atoms with E-state index in [1.54, 1.807) is 0 Å². The van der Waals surface area contributed by atoms with E-state index < -0.39 is 5.92 Å². The summed E-state index contributed by atoms with van der Waals surface area (Å²) in [6.07, 6.45) is 6.59. The van der Waals surface area contributed by atoms with Crippen molar-refractivity contribution < 1.29 is 9.59 Å². The lowest BCUT2D eigenvalue weighted by atomic mass is 9.71. The average Bonchev–Trinajstić information content (AvgIpc) is 2.71. The van der Waals surface area contributed by atoms with Crippen LogP contribution in [0.25, 0.3) is 0 Å². The van der Waals surface area contributed by atoms with Crippen LogP contribution in [0.3, 0.4) is 0 Å². The van der Waals surface area contributed by atoms with Crippen LogP contribution < -0.4 is 0 Å². The van der Waals surface area contributed by atoms with Crippen molar-refractivity contribution >= 4 is 11.6 Å². The summed E-state index contributed by atoms with van der Waals surface area (Å²) in [5.41, 5.74) is 4.19. The maximum atomic E-state index is 13.2. The van der Waals surface area contributed by atoms with Gasteiger partial charge in [-0.05, 0) is 49.8 Å². The van der Waals surface area contributed by atoms with E-state index in [-0.39, 0.29) is 17.0 Å². The van der Waals surface area contributed by atoms with Crippen molar-refractivity contribution in [2.45, 2.75) is 71.6 Å². The summed E-state index contributed by atoms with van der Waals surface area (Å²) in [6.45, 7) is 6.24. The fraction of sp³-hybridized carbons (Fsp3) is 0.600. The summed E-state index contributed by atoms with van der Waals surface area (Å²) < 4.78 is 0. The van der Waals surface area contributed by atoms with Crippen LogP contribution in [0.1, 0.15) is 73.6 Å². The van der Waals surface area contributed by atoms with Crippen molar-refractivity contribution in [1.29, 1.82) is 0 Å². The molecule has 0 amide bonds. The molecule has 2 aliphatic carbocycles. The highest BCUT2D eigenvalue weighted by atomic mass is 16.2. The molecule has 0 heterocycles. The number of carbonyl (C=O) groups excluding carboxylic acids is 2. The number of benzene rings is 1. The summed E-state index contributed by atoms with van der Waals surface area (Å²) in [4.78, 5) is 25.9. The van der Waals surface area contributed by atoms with Crippen LogP contribution in [-0.2, 0) is 16.0 Å². The molecule has 1 atom stereocenters. The van der Waals surface area contributed by atoms with Crippen molar-refractivity contribution in [3.05, 3.63) is 34.4 Å². The number of aryl methyl sites for hydroxylation is 3. The van der Waals surface area contributed by atoms with Crippen molar-refractivity contribution in [1.82, 2.24) is 0 Å². The Bertz CT molecular complexity index is 621. The molecule has 2 heteroatoms. The van der Waals surface area contributed by atoms with Crippen LogP contribution >= 0.6 is 0 Å². The number of Topliss-reactive ketones (excluding diaryl/α,β-unsaturated/α-hetero) is 2. The Balaban J connectivity index is 2.06. The third-order valence-electron chi connectivity index (χ3n) is 5.72. The molecule has 118 valence electrons. The third-order valence-corrected chi connectivity index (χ3v) is 5.72. The highest BCUT2D eigenvalue weighted by Crippen LogP contribution is 2.50. The zero-order valence-electron chi connectivity index (χ0n) is 14.0. The molecule has 0 aliphatic heterocycles. The van der Waals surface area contributed by atoms with E-state index in [1.165, 1.54) is 17.5 Å². The average molecular weight is 298 g/mol. The van der Waals surface area contributed by atoms with Gasteiger partial charge in [0.05, 0.1) is 0 Å². The van der Waals surface area contributed by atoms with E-state index in [9.17, 15) is 9.59 Å². The standard InChI is InChI=1S/C20H26O2/c1-4-15-11-13(2)10-14(3)17(15)18-16(21)12-20(19(18)22)8-6-5-7-9-20/h10-11,18H,4-9,12H2,1-3H3. The third kappa shape index (κ3) is 2.33. The molecule has 0 N–H and O–H groups in total. The summed E-state index contributed by atoms with van der Waals surface area (Å²) in [6, 6.07) is 4.26. The summed E-state index contributed by atoms with van der Waals surface area (Å²) in [5, 5.41) is 0. The molecular formula is C20H26O2. The second-order valence-corrected chi connectivity index (χ2v) is 7.29. The van der Waals surface area contributed by atoms with Gasteiger partial charge in [0.15, 0.2) is 5.78 Å². The zero-order chi connectivity index (χ0) is 15.9. The van der Waals surface area contributed by atoms with Crippen molar-refractivity contribution in [3.63, 3.8) is 0 Å². The molecule has 2 fully saturated rings. The van der Waals surface area contributed by atoms with E-state index in [2.05, 4.69) is 26.0 Å². The second-order valence-electron chi connectivity index (χ2n) is 7.29. The normalized spacial score (nSPS) is 24.2. The highest BCUT2D eigenvalue weighted by Gasteiger charge is 2.53. The van der Waals surface area contributed by atoms with Crippen LogP contribution in [0.15, 0.2) is 12.1 Å². The monoisotopic (exact) mass is 298 g/mol. The van der Waals surface area contributed by atoms with Crippen LogP contribution in [0.5, 0.6) is 0 Å². The van der Waals surface area contributed by atoms with Gasteiger partial charge in [-0.15, -0.1) is 0 Å². The molecule has 1 aromatic carbocycles. The molecule has 1 unspecified atom stereocenters. The van der Waals surface area contributed by atoms with Gasteiger partial charge in [0, 0.05) is 11.8 Å². The molecule has 2 nitrogen and oxygen atoms in total. The fourth-order valence-electron chi connectivity index (χ4n) is 4.69. The number of hydrogen-bond donors (Lipinski definition) is 0. The first-order chi connectivity index (χ1) is 10.5. The van der Waals surface area contributed by atoms with Crippen molar-refractivity contribution in [2.75, 3.05) is 0 Å². The quantitative estimate of drug-likeness (QED) is 0.756. The smallest absolute Gasteiger partial charge is 0.154 e. The highest BCUT2D eigenvalue weighted by molar-refractivity contribution is 6.16. The van der Waals surface area contributed by atoms with Gasteiger partial charge in [0.1, 0.15) is 11.7 Å². The maximum Gasteiger partial charge on any atom is 0.154 e. The molecule has 3 rings (SSSR count). The summed E-state index contributed by atoms with van der Waals surface area (Å²) in [7, 11) is 0. The Morgan fingerprint density at radius 1 is 1.09 bits per heavy atom. The van der Waals surface area contributed by atoms with E-state index >= 15 is 0 Å². The van der Waals surface area contributed by atoms with Crippen molar-refractivity contribution in [2.24, 2.45) is 5.41 Å². The Kier molecular flexibility index (Phi) is 3.96. The van der Waals surface area contributed by atoms with Gasteiger partial charge in [-0.1, -0.05) is 43.9 Å². The molecule has 0 aromatic heterocycles. The Morgan fingerprint density at radius 2 is 1.77 bits per heavy atom. The molecule has 0 saturated heterocycles. The predicted octanol–water partition coefficient (Wildman–Crippen LogP) is 4.44. The number of carbonyl (C=O) groups is 2. The number of ketones is 2. The minimum Gasteiger partial charge on any atom is -0.298 e. The maximum absolute atomic E-state index is 13.2. The Labute approximate surface area is 133 Å². The van der Waals surface area contributed by atoms with Crippen molar-refractivity contribution in [3.8, 4) is 0 Å². The van der Waals surface area contributed by atoms with Gasteiger partial charge in [-0.3, -0.25) is 9.59 Å². The van der Waals surface area contributed by atoms with Crippen LogP contribution in [0, 0.1) is 19.3 Å². The first-order valence-electron chi connectivity index (χ1n) is 8.65. The number of hydrogen-bond acceptors (Lipinski definition) is 2. The molecule has 0 radical (unpaired) electrons. The molecule has 2 saturated carbocycles. The minimum absolute atomic E-state index is 0.161. The first-order valence-corrected chi connectivity index (χ1v) is 8.65. The van der Waals surface area contributed by atoms with E-state index in [0.717, 1.165) is 43.2 Å². The lowest BCUT2D eigenvalue weighted by Crippen LogP contribution is -2.30. The molecule has 0 bridgehead atoms. The summed E-state index contributed by atoms with van der Waals surface area (Å²) >= 11 is 0. The first kappa shape index (κ1) is 15.5. The van der Waals surface area contributed by atoms with Crippen LogP contribution in [0.4, 0.5) is 0 Å². The van der Waals surface area contributed by atoms with Gasteiger partial charge >= 0.3 is 0 Å². The molecule has 2 aliphatic rings. The SMILES string of the molecule is CCc1cc(C)cc(C)c1C1C(=O)CC2(CCCCC2)C1=O. The Hall–Kier alpha value is -1.44. The summed E-state index contributed by atoms with van der Waals surface area (Å²) in [5.74, 6) is -0.110. The molecule has 1 aromatic rings. The minimum atomic E-state index is -0.492.